The zero-order valence-corrected chi connectivity index (χ0v) is 19.4. The molecule has 9 nitrogen and oxygen atoms in total. The van der Waals surface area contributed by atoms with E-state index in [1.54, 1.807) is 62.3 Å². The molecule has 0 spiro atoms. The van der Waals surface area contributed by atoms with Crippen LogP contribution in [-0.4, -0.2) is 69.9 Å². The zero-order valence-electron chi connectivity index (χ0n) is 19.4. The highest BCUT2D eigenvalue weighted by Crippen LogP contribution is 2.51. The van der Waals surface area contributed by atoms with Gasteiger partial charge in [-0.3, -0.25) is 14.6 Å². The Hall–Kier alpha value is -2.34. The number of rotatable bonds is 3. The Labute approximate surface area is 178 Å². The number of ether oxygens (including phenoxy) is 3. The van der Waals surface area contributed by atoms with Crippen LogP contribution in [0.25, 0.3) is 0 Å². The van der Waals surface area contributed by atoms with Crippen molar-refractivity contribution in [1.82, 2.24) is 9.80 Å². The molecule has 2 fully saturated rings. The molecule has 0 aromatic carbocycles. The van der Waals surface area contributed by atoms with E-state index in [9.17, 15) is 19.6 Å². The first-order valence-corrected chi connectivity index (χ1v) is 10.1. The Morgan fingerprint density at radius 1 is 1.10 bits per heavy atom. The molecule has 0 saturated carbocycles. The third-order valence-electron chi connectivity index (χ3n) is 5.15. The van der Waals surface area contributed by atoms with E-state index >= 15 is 0 Å². The molecule has 2 rings (SSSR count). The summed E-state index contributed by atoms with van der Waals surface area (Å²) < 4.78 is 16.5. The predicted octanol–water partition coefficient (Wildman–Crippen LogP) is 3.08. The second-order valence-corrected chi connectivity index (χ2v) is 10.1. The molecule has 0 radical (unpaired) electrons. The number of hydrogen-bond donors (Lipinski definition) is 0. The number of hydrogen-bond acceptors (Lipinski definition) is 7. The lowest BCUT2D eigenvalue weighted by molar-refractivity contribution is -0.128. The van der Waals surface area contributed by atoms with E-state index in [1.807, 2.05) is 0 Å². The number of ketones is 1. The minimum atomic E-state index is -1.74. The molecular weight excluding hydrogens is 390 g/mol. The first-order chi connectivity index (χ1) is 13.5. The van der Waals surface area contributed by atoms with Gasteiger partial charge in [0.1, 0.15) is 23.4 Å². The van der Waals surface area contributed by atoms with E-state index in [0.717, 1.165) is 4.90 Å². The summed E-state index contributed by atoms with van der Waals surface area (Å²) in [5.74, 6) is -0.413. The summed E-state index contributed by atoms with van der Waals surface area (Å²) in [6.07, 6.45) is -1.41. The first-order valence-electron chi connectivity index (χ1n) is 10.1. The molecular formula is C21H33N3O6. The summed E-state index contributed by atoms with van der Waals surface area (Å²) in [6.45, 7) is 15.5. The van der Waals surface area contributed by atoms with Crippen molar-refractivity contribution in [1.29, 1.82) is 5.26 Å². The fourth-order valence-corrected chi connectivity index (χ4v) is 3.93. The van der Waals surface area contributed by atoms with Crippen molar-refractivity contribution in [2.75, 3.05) is 13.2 Å². The number of Topliss-reactive ketones (excluding diaryl/α,β-unsaturated/α-hetero) is 1. The Bertz CT molecular complexity index is 773. The maximum atomic E-state index is 13.3. The number of carbonyl (C=O) groups excluding carboxylic acids is 3. The second-order valence-electron chi connectivity index (χ2n) is 10.1. The maximum Gasteiger partial charge on any atom is 0.412 e. The summed E-state index contributed by atoms with van der Waals surface area (Å²) in [5.41, 5.74) is -4.42. The third-order valence-corrected chi connectivity index (χ3v) is 5.15. The molecule has 2 aliphatic heterocycles. The Morgan fingerprint density at radius 3 is 2.10 bits per heavy atom. The Morgan fingerprint density at radius 2 is 1.67 bits per heavy atom. The molecule has 9 heteroatoms. The standard InChI is InChI=1S/C21H33N3O6/c1-10-28-16(26)24-14(21(24,12-22)15(25)18(2,3)4)13-11-29-20(8,9)23(13)17(27)30-19(5,6)7/h13-14H,10-11H2,1-9H3/t13-,14-,21+,24?/m1/s1. The SMILES string of the molecule is CCOC(=O)N1[C@H]([C@H]2COC(C)(C)N2C(=O)OC(C)(C)C)[C@@]1(C#N)C(=O)C(C)(C)C. The topological polar surface area (TPSA) is 109 Å². The van der Waals surface area contributed by atoms with Crippen LogP contribution in [0.2, 0.25) is 0 Å². The van der Waals surface area contributed by atoms with E-state index in [2.05, 4.69) is 6.07 Å². The van der Waals surface area contributed by atoms with Crippen LogP contribution in [0.5, 0.6) is 0 Å². The molecule has 0 aliphatic carbocycles. The average Bonchev–Trinajstić information content (AvgIpc) is 3.14. The predicted molar refractivity (Wildman–Crippen MR) is 107 cm³/mol. The van der Waals surface area contributed by atoms with Crippen LogP contribution in [0, 0.1) is 16.7 Å². The van der Waals surface area contributed by atoms with Gasteiger partial charge in [0.05, 0.1) is 19.3 Å². The van der Waals surface area contributed by atoms with Crippen molar-refractivity contribution in [2.45, 2.75) is 91.3 Å². The second kappa shape index (κ2) is 7.41. The van der Waals surface area contributed by atoms with E-state index < -0.39 is 52.3 Å². The van der Waals surface area contributed by atoms with Crippen LogP contribution in [0.3, 0.4) is 0 Å². The van der Waals surface area contributed by atoms with Gasteiger partial charge in [0.15, 0.2) is 5.78 Å². The van der Waals surface area contributed by atoms with E-state index in [-0.39, 0.29) is 13.2 Å². The normalized spacial score (nSPS) is 28.0. The highest BCUT2D eigenvalue weighted by molar-refractivity contribution is 6.04. The number of nitrogens with zero attached hydrogens (tertiary/aromatic N) is 3. The Balaban J connectivity index is 2.51. The van der Waals surface area contributed by atoms with Crippen LogP contribution in [-0.2, 0) is 19.0 Å². The molecule has 30 heavy (non-hydrogen) atoms. The van der Waals surface area contributed by atoms with Crippen LogP contribution in [0.4, 0.5) is 9.59 Å². The van der Waals surface area contributed by atoms with Gasteiger partial charge < -0.3 is 14.2 Å². The lowest BCUT2D eigenvalue weighted by Gasteiger charge is -2.35. The van der Waals surface area contributed by atoms with Crippen LogP contribution < -0.4 is 0 Å². The Kier molecular flexibility index (Phi) is 5.91. The number of carbonyl (C=O) groups is 3. The zero-order chi connectivity index (χ0) is 23.3. The molecule has 2 amide bonds. The average molecular weight is 424 g/mol. The summed E-state index contributed by atoms with van der Waals surface area (Å²) in [4.78, 5) is 41.5. The molecule has 0 aromatic heterocycles. The molecule has 2 heterocycles. The lowest BCUT2D eigenvalue weighted by Crippen LogP contribution is -2.53. The first kappa shape index (κ1) is 23.9. The smallest absolute Gasteiger partial charge is 0.412 e. The molecule has 3 atom stereocenters. The number of nitriles is 1. The molecule has 168 valence electrons. The van der Waals surface area contributed by atoms with Crippen molar-refractivity contribution < 1.29 is 28.6 Å². The van der Waals surface area contributed by atoms with Gasteiger partial charge in [-0.15, -0.1) is 0 Å². The van der Waals surface area contributed by atoms with Crippen LogP contribution in [0.1, 0.15) is 62.3 Å². The van der Waals surface area contributed by atoms with Gasteiger partial charge in [-0.05, 0) is 41.5 Å². The van der Waals surface area contributed by atoms with E-state index in [4.69, 9.17) is 14.2 Å². The van der Waals surface area contributed by atoms with E-state index in [1.165, 1.54) is 4.90 Å². The van der Waals surface area contributed by atoms with Gasteiger partial charge in [0.2, 0.25) is 5.54 Å². The van der Waals surface area contributed by atoms with Crippen molar-refractivity contribution in [3.8, 4) is 6.07 Å². The molecule has 0 bridgehead atoms. The molecule has 0 N–H and O–H groups in total. The van der Waals surface area contributed by atoms with Crippen molar-refractivity contribution in [3.63, 3.8) is 0 Å². The summed E-state index contributed by atoms with van der Waals surface area (Å²) in [5, 5.41) is 10.1. The molecule has 0 unspecified atom stereocenters. The van der Waals surface area contributed by atoms with Crippen molar-refractivity contribution in [2.24, 2.45) is 5.41 Å². The minimum absolute atomic E-state index is 0.0493. The quantitative estimate of drug-likeness (QED) is 0.642. The lowest BCUT2D eigenvalue weighted by atomic mass is 9.80. The summed E-state index contributed by atoms with van der Waals surface area (Å²) in [6, 6.07) is 0.406. The van der Waals surface area contributed by atoms with Gasteiger partial charge in [0.25, 0.3) is 0 Å². The third kappa shape index (κ3) is 3.97. The highest BCUT2D eigenvalue weighted by Gasteiger charge is 2.77. The van der Waals surface area contributed by atoms with Gasteiger partial charge in [0, 0.05) is 5.41 Å². The fraction of sp³-hybridized carbons (Fsp3) is 0.810. The summed E-state index contributed by atoms with van der Waals surface area (Å²) >= 11 is 0. The van der Waals surface area contributed by atoms with Gasteiger partial charge in [-0.2, -0.15) is 5.26 Å². The fourth-order valence-electron chi connectivity index (χ4n) is 3.93. The number of amides is 2. The van der Waals surface area contributed by atoms with Crippen LogP contribution in [0.15, 0.2) is 0 Å². The van der Waals surface area contributed by atoms with Crippen molar-refractivity contribution in [3.05, 3.63) is 0 Å². The molecule has 2 aliphatic rings. The largest absolute Gasteiger partial charge is 0.450 e. The summed E-state index contributed by atoms with van der Waals surface area (Å²) in [7, 11) is 0. The van der Waals surface area contributed by atoms with Gasteiger partial charge in [-0.1, -0.05) is 20.8 Å². The van der Waals surface area contributed by atoms with Gasteiger partial charge in [-0.25, -0.2) is 9.59 Å². The van der Waals surface area contributed by atoms with Crippen LogP contribution >= 0.6 is 0 Å². The monoisotopic (exact) mass is 423 g/mol. The highest BCUT2D eigenvalue weighted by atomic mass is 16.6. The maximum absolute atomic E-state index is 13.3. The molecule has 2 saturated heterocycles. The van der Waals surface area contributed by atoms with Gasteiger partial charge >= 0.3 is 12.2 Å². The minimum Gasteiger partial charge on any atom is -0.450 e. The van der Waals surface area contributed by atoms with E-state index in [0.29, 0.717) is 0 Å². The molecule has 0 aromatic rings. The van der Waals surface area contributed by atoms with Crippen molar-refractivity contribution >= 4 is 18.0 Å².